The van der Waals surface area contributed by atoms with Crippen molar-refractivity contribution in [3.05, 3.63) is 0 Å². The molecule has 0 unspecified atom stereocenters. The Morgan fingerprint density at radius 3 is 3.20 bits per heavy atom. The fourth-order valence-electron chi connectivity index (χ4n) is 1.68. The number of carbonyl (C=O) groups is 1. The van der Waals surface area contributed by atoms with Crippen LogP contribution in [-0.2, 0) is 9.53 Å². The van der Waals surface area contributed by atoms with Crippen LogP contribution in [0.1, 0.15) is 12.8 Å². The van der Waals surface area contributed by atoms with Crippen LogP contribution in [0.15, 0.2) is 0 Å². The third-order valence-corrected chi connectivity index (χ3v) is 2.38. The lowest BCUT2D eigenvalue weighted by Gasteiger charge is -2.24. The first-order chi connectivity index (χ1) is 4.77. The molecule has 2 rings (SSSR count). The van der Waals surface area contributed by atoms with E-state index in [-0.39, 0.29) is 18.1 Å². The van der Waals surface area contributed by atoms with Crippen LogP contribution in [0.3, 0.4) is 0 Å². The zero-order chi connectivity index (χ0) is 7.14. The molecule has 56 valence electrons. The Balaban J connectivity index is 2.17. The number of carbonyl (C=O) groups excluding carboxylic acids is 1. The Morgan fingerprint density at radius 2 is 2.50 bits per heavy atom. The van der Waals surface area contributed by atoms with Gasteiger partial charge in [-0.25, -0.2) is 0 Å². The summed E-state index contributed by atoms with van der Waals surface area (Å²) in [6.07, 6.45) is 2.15. The molecule has 10 heavy (non-hydrogen) atoms. The highest BCUT2D eigenvalue weighted by Gasteiger charge is 2.40. The molecule has 0 aliphatic carbocycles. The maximum Gasteiger partial charge on any atom is 0.323 e. The highest BCUT2D eigenvalue weighted by molar-refractivity contribution is 5.78. The molecular weight excluding hydrogens is 130 g/mol. The van der Waals surface area contributed by atoms with E-state index in [1.54, 1.807) is 0 Å². The molecule has 2 fully saturated rings. The molecule has 0 aromatic carbocycles. The maximum atomic E-state index is 11.0. The van der Waals surface area contributed by atoms with E-state index in [9.17, 15) is 4.79 Å². The van der Waals surface area contributed by atoms with Gasteiger partial charge in [0, 0.05) is 13.0 Å². The average molecular weight is 141 g/mol. The molecule has 0 aromatic heterocycles. The predicted molar refractivity (Wildman–Crippen MR) is 35.5 cm³/mol. The van der Waals surface area contributed by atoms with Gasteiger partial charge in [0.2, 0.25) is 0 Å². The van der Waals surface area contributed by atoms with E-state index in [0.717, 1.165) is 19.4 Å². The Kier molecular flexibility index (Phi) is 1.20. The van der Waals surface area contributed by atoms with E-state index >= 15 is 0 Å². The lowest BCUT2D eigenvalue weighted by Crippen LogP contribution is -2.38. The summed E-state index contributed by atoms with van der Waals surface area (Å²) in [4.78, 5) is 13.1. The fourth-order valence-corrected chi connectivity index (χ4v) is 1.68. The van der Waals surface area contributed by atoms with Crippen molar-refractivity contribution in [1.29, 1.82) is 0 Å². The molecule has 3 nitrogen and oxygen atoms in total. The summed E-state index contributed by atoms with van der Waals surface area (Å²) in [6, 6.07) is 0.0683. The summed E-state index contributed by atoms with van der Waals surface area (Å²) >= 11 is 0. The van der Waals surface area contributed by atoms with E-state index < -0.39 is 0 Å². The highest BCUT2D eigenvalue weighted by Crippen LogP contribution is 2.26. The lowest BCUT2D eigenvalue weighted by molar-refractivity contribution is -0.143. The van der Waals surface area contributed by atoms with Crippen molar-refractivity contribution in [2.75, 3.05) is 13.6 Å². The van der Waals surface area contributed by atoms with Crippen LogP contribution in [0.5, 0.6) is 0 Å². The minimum absolute atomic E-state index is 0.0231. The monoisotopic (exact) mass is 141 g/mol. The molecule has 0 radical (unpaired) electrons. The SMILES string of the molecule is CN1CC[C@@H]2C[C@H]1C(=O)O2. The minimum atomic E-state index is -0.0231. The van der Waals surface area contributed by atoms with Crippen LogP contribution < -0.4 is 0 Å². The molecule has 0 amide bonds. The van der Waals surface area contributed by atoms with Crippen molar-refractivity contribution in [2.24, 2.45) is 0 Å². The molecule has 2 bridgehead atoms. The third-order valence-electron chi connectivity index (χ3n) is 2.38. The normalized spacial score (nSPS) is 39.9. The van der Waals surface area contributed by atoms with E-state index in [1.165, 1.54) is 0 Å². The number of esters is 1. The molecule has 0 spiro atoms. The fraction of sp³-hybridized carbons (Fsp3) is 0.857. The predicted octanol–water partition coefficient (Wildman–Crippen LogP) is 0.00600. The van der Waals surface area contributed by atoms with Gasteiger partial charge in [-0.3, -0.25) is 9.69 Å². The Morgan fingerprint density at radius 1 is 1.70 bits per heavy atom. The van der Waals surface area contributed by atoms with Gasteiger partial charge in [0.05, 0.1) is 0 Å². The molecule has 2 aliphatic heterocycles. The number of ether oxygens (including phenoxy) is 1. The van der Waals surface area contributed by atoms with Crippen molar-refractivity contribution in [1.82, 2.24) is 4.90 Å². The number of rotatable bonds is 0. The average Bonchev–Trinajstić information content (AvgIpc) is 2.21. The summed E-state index contributed by atoms with van der Waals surface area (Å²) in [5.74, 6) is -0.0231. The zero-order valence-corrected chi connectivity index (χ0v) is 6.04. The van der Waals surface area contributed by atoms with Gasteiger partial charge in [0.15, 0.2) is 0 Å². The second-order valence-electron chi connectivity index (χ2n) is 3.08. The van der Waals surface area contributed by atoms with Gasteiger partial charge < -0.3 is 4.74 Å². The van der Waals surface area contributed by atoms with Crippen LogP contribution in [0, 0.1) is 0 Å². The van der Waals surface area contributed by atoms with Crippen molar-refractivity contribution >= 4 is 5.97 Å². The molecular formula is C7H11NO2. The van der Waals surface area contributed by atoms with Gasteiger partial charge in [-0.2, -0.15) is 0 Å². The van der Waals surface area contributed by atoms with Gasteiger partial charge >= 0.3 is 5.97 Å². The van der Waals surface area contributed by atoms with Crippen molar-refractivity contribution in [3.63, 3.8) is 0 Å². The standard InChI is InChI=1S/C7H11NO2/c1-8-3-2-5-4-6(8)7(9)10-5/h5-6H,2-4H2,1H3/t5-,6+/m1/s1. The van der Waals surface area contributed by atoms with Crippen molar-refractivity contribution < 1.29 is 9.53 Å². The Hall–Kier alpha value is -0.570. The van der Waals surface area contributed by atoms with Crippen LogP contribution >= 0.6 is 0 Å². The molecule has 3 heteroatoms. The number of fused-ring (bicyclic) bond motifs is 2. The summed E-state index contributed by atoms with van der Waals surface area (Å²) in [6.45, 7) is 1.00. The van der Waals surface area contributed by atoms with E-state index in [2.05, 4.69) is 4.90 Å². The first-order valence-corrected chi connectivity index (χ1v) is 3.68. The van der Waals surface area contributed by atoms with E-state index in [1.807, 2.05) is 7.05 Å². The number of hydrogen-bond donors (Lipinski definition) is 0. The number of nitrogens with zero attached hydrogens (tertiary/aromatic N) is 1. The molecule has 2 atom stereocenters. The molecule has 2 saturated heterocycles. The summed E-state index contributed by atoms with van der Waals surface area (Å²) in [7, 11) is 1.98. The molecule has 2 aliphatic rings. The molecule has 0 N–H and O–H groups in total. The summed E-state index contributed by atoms with van der Waals surface area (Å²) in [5, 5.41) is 0. The van der Waals surface area contributed by atoms with Gasteiger partial charge in [-0.15, -0.1) is 0 Å². The highest BCUT2D eigenvalue weighted by atomic mass is 16.6. The number of piperidine rings is 1. The van der Waals surface area contributed by atoms with Gasteiger partial charge in [-0.1, -0.05) is 0 Å². The van der Waals surface area contributed by atoms with Gasteiger partial charge in [0.1, 0.15) is 12.1 Å². The van der Waals surface area contributed by atoms with Crippen LogP contribution in [0.25, 0.3) is 0 Å². The number of hydrogen-bond acceptors (Lipinski definition) is 3. The quantitative estimate of drug-likeness (QED) is 0.445. The largest absolute Gasteiger partial charge is 0.461 e. The van der Waals surface area contributed by atoms with Crippen LogP contribution in [0.2, 0.25) is 0 Å². The third kappa shape index (κ3) is 0.736. The molecule has 0 saturated carbocycles. The lowest BCUT2D eigenvalue weighted by atomic mass is 10.0. The van der Waals surface area contributed by atoms with Crippen molar-refractivity contribution in [3.8, 4) is 0 Å². The zero-order valence-electron chi connectivity index (χ0n) is 6.04. The van der Waals surface area contributed by atoms with Crippen LogP contribution in [0.4, 0.5) is 0 Å². The Bertz CT molecular complexity index is 169. The minimum Gasteiger partial charge on any atom is -0.461 e. The Labute approximate surface area is 60.0 Å². The first kappa shape index (κ1) is 6.16. The van der Waals surface area contributed by atoms with Crippen LogP contribution in [-0.4, -0.2) is 36.6 Å². The maximum absolute atomic E-state index is 11.0. The molecule has 2 heterocycles. The topological polar surface area (TPSA) is 29.5 Å². The second kappa shape index (κ2) is 1.95. The smallest absolute Gasteiger partial charge is 0.323 e. The molecule has 0 aromatic rings. The summed E-state index contributed by atoms with van der Waals surface area (Å²) < 4.78 is 5.08. The first-order valence-electron chi connectivity index (χ1n) is 3.68. The second-order valence-corrected chi connectivity index (χ2v) is 3.08. The van der Waals surface area contributed by atoms with E-state index in [0.29, 0.717) is 0 Å². The van der Waals surface area contributed by atoms with Gasteiger partial charge in [0.25, 0.3) is 0 Å². The number of likely N-dealkylation sites (N-methyl/N-ethyl adjacent to an activating group) is 1. The van der Waals surface area contributed by atoms with Gasteiger partial charge in [-0.05, 0) is 13.5 Å². The van der Waals surface area contributed by atoms with Crippen molar-refractivity contribution in [2.45, 2.75) is 25.0 Å². The number of likely N-dealkylation sites (tertiary alicyclic amines) is 1. The van der Waals surface area contributed by atoms with E-state index in [4.69, 9.17) is 4.74 Å². The summed E-state index contributed by atoms with van der Waals surface area (Å²) in [5.41, 5.74) is 0.